The molecule has 1 heterocycles. The molecule has 0 radical (unpaired) electrons. The number of nitrogens with one attached hydrogen (secondary N) is 1. The molecule has 5 aromatic carbocycles. The van der Waals surface area contributed by atoms with Crippen LogP contribution >= 0.6 is 0 Å². The fraction of sp³-hybridized carbons (Fsp3) is 0.171. The van der Waals surface area contributed by atoms with Crippen LogP contribution in [0, 0.1) is 0 Å². The first-order valence-corrected chi connectivity index (χ1v) is 16.4. The maximum absolute atomic E-state index is 13.6. The number of hydrogen-bond acceptors (Lipinski definition) is 8. The fourth-order valence-electron chi connectivity index (χ4n) is 5.56. The van der Waals surface area contributed by atoms with E-state index in [4.69, 9.17) is 4.28 Å². The Morgan fingerprint density at radius 3 is 2.22 bits per heavy atom. The number of para-hydroxylation sites is 1. The van der Waals surface area contributed by atoms with Crippen molar-refractivity contribution in [2.45, 2.75) is 32.2 Å². The summed E-state index contributed by atoms with van der Waals surface area (Å²) >= 11 is 0. The Morgan fingerprint density at radius 2 is 1.50 bits per heavy atom. The number of azo groups is 1. The topological polar surface area (TPSA) is 126 Å². The van der Waals surface area contributed by atoms with E-state index in [1.807, 2.05) is 42.5 Å². The standard InChI is InChI=1S/C35H33N5O5S/c1-4-39(5-2)45-46(43,44)26-18-15-24(16-19-26)37-38-33-27-12-8-7-11-23(27)21-30(34(33)41)35(42)36-25-17-20-32-29(22-25)28-13-9-10-14-31(28)40(32)6-3/h7-22,41H,4-6H2,1-3H3,(H,36,42)/b38-37+. The first-order chi connectivity index (χ1) is 22.2. The molecule has 6 aromatic rings. The number of hydrogen-bond donors (Lipinski definition) is 2. The van der Waals surface area contributed by atoms with Gasteiger partial charge in [0.15, 0.2) is 5.75 Å². The van der Waals surface area contributed by atoms with Gasteiger partial charge in [0.05, 0.1) is 16.1 Å². The van der Waals surface area contributed by atoms with Crippen LogP contribution in [0.1, 0.15) is 31.1 Å². The Kier molecular flexibility index (Phi) is 8.55. The van der Waals surface area contributed by atoms with E-state index in [2.05, 4.69) is 39.2 Å². The molecule has 0 spiro atoms. The molecule has 1 amide bonds. The van der Waals surface area contributed by atoms with E-state index in [1.54, 1.807) is 32.0 Å². The molecule has 6 rings (SSSR count). The number of anilines is 1. The highest BCUT2D eigenvalue weighted by atomic mass is 32.2. The monoisotopic (exact) mass is 635 g/mol. The van der Waals surface area contributed by atoms with Crippen molar-refractivity contribution in [2.75, 3.05) is 18.4 Å². The number of nitrogens with zero attached hydrogens (tertiary/aromatic N) is 4. The molecule has 0 fully saturated rings. The minimum atomic E-state index is -4.00. The third kappa shape index (κ3) is 5.83. The number of carbonyl (C=O) groups is 1. The summed E-state index contributed by atoms with van der Waals surface area (Å²) in [6, 6.07) is 28.5. The van der Waals surface area contributed by atoms with Crippen LogP contribution in [-0.4, -0.2) is 42.2 Å². The van der Waals surface area contributed by atoms with Crippen LogP contribution < -0.4 is 5.32 Å². The molecule has 0 saturated carbocycles. The maximum Gasteiger partial charge on any atom is 0.313 e. The van der Waals surface area contributed by atoms with E-state index in [0.29, 0.717) is 35.2 Å². The summed E-state index contributed by atoms with van der Waals surface area (Å²) in [4.78, 5) is 13.6. The summed E-state index contributed by atoms with van der Waals surface area (Å²) in [7, 11) is -4.00. The lowest BCUT2D eigenvalue weighted by Gasteiger charge is -2.16. The number of aromatic nitrogens is 1. The van der Waals surface area contributed by atoms with Gasteiger partial charge in [0, 0.05) is 52.5 Å². The van der Waals surface area contributed by atoms with Crippen LogP contribution in [0.3, 0.4) is 0 Å². The number of benzene rings is 5. The van der Waals surface area contributed by atoms with Crippen molar-refractivity contribution in [1.82, 2.24) is 9.63 Å². The zero-order valence-electron chi connectivity index (χ0n) is 25.6. The Hall–Kier alpha value is -5.10. The Balaban J connectivity index is 1.31. The van der Waals surface area contributed by atoms with Gasteiger partial charge in [0.2, 0.25) is 0 Å². The second-order valence-electron chi connectivity index (χ2n) is 10.6. The molecule has 0 aliphatic heterocycles. The van der Waals surface area contributed by atoms with Crippen LogP contribution in [0.2, 0.25) is 0 Å². The molecular formula is C35H33N5O5S. The highest BCUT2D eigenvalue weighted by molar-refractivity contribution is 7.86. The third-order valence-electron chi connectivity index (χ3n) is 7.89. The predicted octanol–water partition coefficient (Wildman–Crippen LogP) is 8.30. The molecule has 0 unspecified atom stereocenters. The summed E-state index contributed by atoms with van der Waals surface area (Å²) in [5.41, 5.74) is 3.28. The number of hydroxylamine groups is 2. The number of phenolic OH excluding ortho intramolecular Hbond substituents is 1. The van der Waals surface area contributed by atoms with Gasteiger partial charge in [-0.25, -0.2) is 0 Å². The number of aryl methyl sites for hydroxylation is 1. The van der Waals surface area contributed by atoms with Crippen LogP contribution in [0.25, 0.3) is 32.6 Å². The van der Waals surface area contributed by atoms with Gasteiger partial charge in [-0.1, -0.05) is 56.3 Å². The Labute approximate surface area is 266 Å². The molecule has 46 heavy (non-hydrogen) atoms. The molecule has 0 aliphatic rings. The van der Waals surface area contributed by atoms with E-state index >= 15 is 0 Å². The van der Waals surface area contributed by atoms with Gasteiger partial charge in [0.25, 0.3) is 5.91 Å². The van der Waals surface area contributed by atoms with Gasteiger partial charge in [-0.3, -0.25) is 4.79 Å². The lowest BCUT2D eigenvalue weighted by Crippen LogP contribution is -2.27. The minimum Gasteiger partial charge on any atom is -0.505 e. The van der Waals surface area contributed by atoms with Gasteiger partial charge >= 0.3 is 10.1 Å². The van der Waals surface area contributed by atoms with Crippen LogP contribution in [-0.2, 0) is 20.9 Å². The summed E-state index contributed by atoms with van der Waals surface area (Å²) in [6.07, 6.45) is 0. The summed E-state index contributed by atoms with van der Waals surface area (Å²) in [5, 5.41) is 27.6. The molecule has 0 atom stereocenters. The number of rotatable bonds is 10. The average Bonchev–Trinajstić information content (AvgIpc) is 3.39. The molecule has 234 valence electrons. The number of aromatic hydroxyl groups is 1. The molecule has 0 bridgehead atoms. The zero-order valence-corrected chi connectivity index (χ0v) is 26.5. The SMILES string of the molecule is CCN(CC)OS(=O)(=O)c1ccc(/N=N/c2c(O)c(C(=O)Nc3ccc4c(c3)c3ccccc3n4CC)cc3ccccc23)cc1. The number of phenols is 1. The molecule has 1 aromatic heterocycles. The molecule has 10 nitrogen and oxygen atoms in total. The van der Waals surface area contributed by atoms with Crippen molar-refractivity contribution in [3.63, 3.8) is 0 Å². The molecule has 11 heteroatoms. The van der Waals surface area contributed by atoms with Crippen LogP contribution in [0.15, 0.2) is 112 Å². The molecule has 2 N–H and O–H groups in total. The van der Waals surface area contributed by atoms with E-state index in [1.165, 1.54) is 29.3 Å². The Morgan fingerprint density at radius 1 is 0.826 bits per heavy atom. The summed E-state index contributed by atoms with van der Waals surface area (Å²) in [6.45, 7) is 7.33. The largest absolute Gasteiger partial charge is 0.505 e. The Bertz CT molecular complexity index is 2220. The predicted molar refractivity (Wildman–Crippen MR) is 180 cm³/mol. The smallest absolute Gasteiger partial charge is 0.313 e. The van der Waals surface area contributed by atoms with Gasteiger partial charge in [0.1, 0.15) is 5.69 Å². The zero-order chi connectivity index (χ0) is 32.4. The quantitative estimate of drug-likeness (QED) is 0.115. The average molecular weight is 636 g/mol. The van der Waals surface area contributed by atoms with E-state index in [9.17, 15) is 18.3 Å². The lowest BCUT2D eigenvalue weighted by atomic mass is 10.0. The summed E-state index contributed by atoms with van der Waals surface area (Å²) < 4.78 is 32.6. The fourth-order valence-corrected chi connectivity index (χ4v) is 6.60. The van der Waals surface area contributed by atoms with Gasteiger partial charge in [-0.05, 0) is 66.9 Å². The number of amides is 1. The maximum atomic E-state index is 13.6. The van der Waals surface area contributed by atoms with Crippen molar-refractivity contribution in [3.8, 4) is 5.75 Å². The van der Waals surface area contributed by atoms with Crippen LogP contribution in [0.5, 0.6) is 5.75 Å². The molecular weight excluding hydrogens is 602 g/mol. The van der Waals surface area contributed by atoms with E-state index in [-0.39, 0.29) is 21.9 Å². The third-order valence-corrected chi connectivity index (χ3v) is 9.14. The highest BCUT2D eigenvalue weighted by Gasteiger charge is 2.21. The second kappa shape index (κ2) is 12.7. The van der Waals surface area contributed by atoms with Crippen molar-refractivity contribution < 1.29 is 22.6 Å². The van der Waals surface area contributed by atoms with Crippen molar-refractivity contribution in [1.29, 1.82) is 0 Å². The summed E-state index contributed by atoms with van der Waals surface area (Å²) in [5.74, 6) is -0.823. The van der Waals surface area contributed by atoms with Crippen molar-refractivity contribution >= 4 is 65.7 Å². The first-order valence-electron chi connectivity index (χ1n) is 15.0. The van der Waals surface area contributed by atoms with Crippen molar-refractivity contribution in [2.24, 2.45) is 10.2 Å². The molecule has 0 saturated heterocycles. The number of fused-ring (bicyclic) bond motifs is 4. The highest BCUT2D eigenvalue weighted by Crippen LogP contribution is 2.40. The van der Waals surface area contributed by atoms with E-state index in [0.717, 1.165) is 28.4 Å². The van der Waals surface area contributed by atoms with E-state index < -0.39 is 16.0 Å². The normalized spacial score (nSPS) is 12.2. The van der Waals surface area contributed by atoms with Gasteiger partial charge in [-0.2, -0.15) is 22.9 Å². The van der Waals surface area contributed by atoms with Gasteiger partial charge in [-0.15, -0.1) is 5.11 Å². The van der Waals surface area contributed by atoms with Crippen molar-refractivity contribution in [3.05, 3.63) is 103 Å². The van der Waals surface area contributed by atoms with Gasteiger partial charge < -0.3 is 15.0 Å². The number of carbonyl (C=O) groups excluding carboxylic acids is 1. The molecule has 0 aliphatic carbocycles. The second-order valence-corrected chi connectivity index (χ2v) is 12.2. The van der Waals surface area contributed by atoms with Crippen LogP contribution in [0.4, 0.5) is 17.1 Å². The minimum absolute atomic E-state index is 0.0252. The lowest BCUT2D eigenvalue weighted by molar-refractivity contribution is -0.0413. The first kappa shape index (κ1) is 30.9.